The molecule has 0 saturated carbocycles. The van der Waals surface area contributed by atoms with Crippen molar-refractivity contribution in [1.29, 1.82) is 0 Å². The number of benzene rings is 2. The molecule has 2 aromatic carbocycles. The summed E-state index contributed by atoms with van der Waals surface area (Å²) in [6, 6.07) is 11.4. The van der Waals surface area contributed by atoms with E-state index in [1.807, 2.05) is 51.0 Å². The van der Waals surface area contributed by atoms with Crippen LogP contribution in [0.2, 0.25) is 0 Å². The largest absolute Gasteiger partial charge is 0.377 e. The fourth-order valence-corrected chi connectivity index (χ4v) is 3.30. The predicted octanol–water partition coefficient (Wildman–Crippen LogP) is 2.93. The van der Waals surface area contributed by atoms with Crippen molar-refractivity contribution >= 4 is 27.4 Å². The number of primary sulfonamides is 1. The van der Waals surface area contributed by atoms with Crippen LogP contribution in [0, 0.1) is 6.92 Å². The zero-order valence-electron chi connectivity index (χ0n) is 16.2. The highest BCUT2D eigenvalue weighted by Crippen LogP contribution is 2.24. The molecular formula is C19H26N4O3S. The predicted molar refractivity (Wildman–Crippen MR) is 109 cm³/mol. The molecule has 8 heteroatoms. The van der Waals surface area contributed by atoms with Gasteiger partial charge in [0.15, 0.2) is 0 Å². The van der Waals surface area contributed by atoms with E-state index >= 15 is 0 Å². The number of urea groups is 1. The number of nitrogens with two attached hydrogens (primary N) is 1. The SMILES string of the molecule is Cc1cc(NC(=O)N(C)C(C)c2ccc(S(N)(=O)=O)cc2)ccc1N(C)C. The number of amides is 2. The Labute approximate surface area is 160 Å². The molecule has 1 unspecified atom stereocenters. The fraction of sp³-hybridized carbons (Fsp3) is 0.316. The van der Waals surface area contributed by atoms with Crippen LogP contribution >= 0.6 is 0 Å². The summed E-state index contributed by atoms with van der Waals surface area (Å²) in [6.45, 7) is 3.86. The van der Waals surface area contributed by atoms with E-state index in [1.54, 1.807) is 24.1 Å². The van der Waals surface area contributed by atoms with Gasteiger partial charge in [0.05, 0.1) is 10.9 Å². The van der Waals surface area contributed by atoms with Crippen molar-refractivity contribution in [3.63, 3.8) is 0 Å². The lowest BCUT2D eigenvalue weighted by atomic mass is 10.1. The third-order valence-corrected chi connectivity index (χ3v) is 5.45. The second-order valence-corrected chi connectivity index (χ2v) is 8.29. The number of carbonyl (C=O) groups excluding carboxylic acids is 1. The van der Waals surface area contributed by atoms with Gasteiger partial charge in [-0.15, -0.1) is 0 Å². The average Bonchev–Trinajstić information content (AvgIpc) is 2.59. The van der Waals surface area contributed by atoms with Crippen molar-refractivity contribution < 1.29 is 13.2 Å². The number of carbonyl (C=O) groups is 1. The van der Waals surface area contributed by atoms with Gasteiger partial charge in [-0.2, -0.15) is 0 Å². The molecule has 0 aromatic heterocycles. The number of hydrogen-bond acceptors (Lipinski definition) is 4. The lowest BCUT2D eigenvalue weighted by molar-refractivity contribution is 0.208. The van der Waals surface area contributed by atoms with Crippen LogP contribution in [0.3, 0.4) is 0 Å². The normalized spacial score (nSPS) is 12.4. The van der Waals surface area contributed by atoms with Crippen LogP contribution in [-0.4, -0.2) is 40.5 Å². The second kappa shape index (κ2) is 7.98. The highest BCUT2D eigenvalue weighted by atomic mass is 32.2. The zero-order chi connectivity index (χ0) is 20.4. The van der Waals surface area contributed by atoms with Crippen LogP contribution in [0.15, 0.2) is 47.4 Å². The summed E-state index contributed by atoms with van der Waals surface area (Å²) in [4.78, 5) is 16.2. The molecule has 0 aliphatic heterocycles. The molecule has 0 spiro atoms. The van der Waals surface area contributed by atoms with Gasteiger partial charge in [-0.3, -0.25) is 0 Å². The van der Waals surface area contributed by atoms with E-state index in [9.17, 15) is 13.2 Å². The highest BCUT2D eigenvalue weighted by Gasteiger charge is 2.18. The summed E-state index contributed by atoms with van der Waals surface area (Å²) < 4.78 is 22.7. The third kappa shape index (κ3) is 4.99. The van der Waals surface area contributed by atoms with Gasteiger partial charge in [0.2, 0.25) is 10.0 Å². The van der Waals surface area contributed by atoms with Crippen molar-refractivity contribution in [2.45, 2.75) is 24.8 Å². The summed E-state index contributed by atoms with van der Waals surface area (Å²) in [6.07, 6.45) is 0. The molecule has 3 N–H and O–H groups in total. The molecule has 0 aliphatic rings. The number of aryl methyl sites for hydroxylation is 1. The van der Waals surface area contributed by atoms with Crippen LogP contribution in [-0.2, 0) is 10.0 Å². The van der Waals surface area contributed by atoms with Crippen molar-refractivity contribution in [2.24, 2.45) is 5.14 Å². The number of sulfonamides is 1. The van der Waals surface area contributed by atoms with Crippen molar-refractivity contribution in [2.75, 3.05) is 31.4 Å². The molecule has 7 nitrogen and oxygen atoms in total. The Bertz CT molecular complexity index is 924. The molecule has 146 valence electrons. The van der Waals surface area contributed by atoms with Gasteiger partial charge < -0.3 is 15.1 Å². The topological polar surface area (TPSA) is 95.7 Å². The molecule has 1 atom stereocenters. The summed E-state index contributed by atoms with van der Waals surface area (Å²) >= 11 is 0. The van der Waals surface area contributed by atoms with E-state index in [2.05, 4.69) is 5.32 Å². The van der Waals surface area contributed by atoms with Gasteiger partial charge in [0.25, 0.3) is 0 Å². The maximum absolute atomic E-state index is 12.6. The molecule has 2 amide bonds. The van der Waals surface area contributed by atoms with Crippen LogP contribution in [0.5, 0.6) is 0 Å². The minimum Gasteiger partial charge on any atom is -0.377 e. The highest BCUT2D eigenvalue weighted by molar-refractivity contribution is 7.89. The van der Waals surface area contributed by atoms with Gasteiger partial charge >= 0.3 is 6.03 Å². The average molecular weight is 391 g/mol. The Kier molecular flexibility index (Phi) is 6.12. The Morgan fingerprint density at radius 3 is 2.15 bits per heavy atom. The molecule has 0 aliphatic carbocycles. The number of nitrogens with zero attached hydrogens (tertiary/aromatic N) is 2. The van der Waals surface area contributed by atoms with Crippen LogP contribution in [0.25, 0.3) is 0 Å². The molecule has 27 heavy (non-hydrogen) atoms. The first kappa shape index (κ1) is 20.7. The molecular weight excluding hydrogens is 364 g/mol. The van der Waals surface area contributed by atoms with E-state index in [0.29, 0.717) is 5.69 Å². The van der Waals surface area contributed by atoms with Gasteiger partial charge in [0.1, 0.15) is 0 Å². The van der Waals surface area contributed by atoms with Gasteiger partial charge in [-0.25, -0.2) is 18.4 Å². The van der Waals surface area contributed by atoms with Crippen LogP contribution in [0.1, 0.15) is 24.1 Å². The maximum atomic E-state index is 12.6. The van der Waals surface area contributed by atoms with Crippen molar-refractivity contribution in [3.05, 3.63) is 53.6 Å². The lowest BCUT2D eigenvalue weighted by Crippen LogP contribution is -2.33. The number of nitrogens with one attached hydrogen (secondary N) is 1. The summed E-state index contributed by atoms with van der Waals surface area (Å²) in [5.74, 6) is 0. The lowest BCUT2D eigenvalue weighted by Gasteiger charge is -2.26. The van der Waals surface area contributed by atoms with Gasteiger partial charge in [0, 0.05) is 32.5 Å². The standard InChI is InChI=1S/C19H26N4O3S/c1-13-12-16(8-11-18(13)22(3)4)21-19(24)23(5)14(2)15-6-9-17(10-7-15)27(20,25)26/h6-12,14H,1-5H3,(H,21,24)(H2,20,25,26). The minimum absolute atomic E-state index is 0.0435. The Morgan fingerprint density at radius 2 is 1.67 bits per heavy atom. The Morgan fingerprint density at radius 1 is 1.07 bits per heavy atom. The molecule has 0 fully saturated rings. The first-order valence-electron chi connectivity index (χ1n) is 8.45. The zero-order valence-corrected chi connectivity index (χ0v) is 17.0. The molecule has 0 radical (unpaired) electrons. The van der Waals surface area contributed by atoms with E-state index in [-0.39, 0.29) is 17.0 Å². The molecule has 2 rings (SSSR count). The monoisotopic (exact) mass is 390 g/mol. The van der Waals surface area contributed by atoms with Gasteiger partial charge in [-0.05, 0) is 55.3 Å². The molecule has 0 heterocycles. The summed E-state index contributed by atoms with van der Waals surface area (Å²) in [7, 11) is 1.90. The fourth-order valence-electron chi connectivity index (χ4n) is 2.78. The molecule has 2 aromatic rings. The van der Waals surface area contributed by atoms with E-state index in [0.717, 1.165) is 16.8 Å². The quantitative estimate of drug-likeness (QED) is 0.820. The van der Waals surface area contributed by atoms with Crippen molar-refractivity contribution in [1.82, 2.24) is 4.90 Å². The Hall–Kier alpha value is -2.58. The number of hydrogen-bond donors (Lipinski definition) is 2. The third-order valence-electron chi connectivity index (χ3n) is 4.52. The van der Waals surface area contributed by atoms with Crippen molar-refractivity contribution in [3.8, 4) is 0 Å². The van der Waals surface area contributed by atoms with E-state index in [1.165, 1.54) is 12.1 Å². The van der Waals surface area contributed by atoms with Gasteiger partial charge in [-0.1, -0.05) is 12.1 Å². The van der Waals surface area contributed by atoms with E-state index in [4.69, 9.17) is 5.14 Å². The molecule has 0 bridgehead atoms. The Balaban J connectivity index is 2.11. The van der Waals surface area contributed by atoms with Crippen LogP contribution < -0.4 is 15.4 Å². The maximum Gasteiger partial charge on any atom is 0.322 e. The summed E-state index contributed by atoms with van der Waals surface area (Å²) in [5, 5.41) is 8.00. The first-order chi connectivity index (χ1) is 12.5. The van der Waals surface area contributed by atoms with E-state index < -0.39 is 10.0 Å². The summed E-state index contributed by atoms with van der Waals surface area (Å²) in [5.41, 5.74) is 3.67. The number of rotatable bonds is 5. The second-order valence-electron chi connectivity index (χ2n) is 6.73. The minimum atomic E-state index is -3.73. The van der Waals surface area contributed by atoms with Crippen LogP contribution in [0.4, 0.5) is 16.2 Å². The number of anilines is 2. The first-order valence-corrected chi connectivity index (χ1v) is 10.00. The smallest absolute Gasteiger partial charge is 0.322 e. The molecule has 0 saturated heterocycles.